The van der Waals surface area contributed by atoms with E-state index in [1.165, 1.54) is 43.5 Å². The number of nitrogens with zero attached hydrogens (tertiary/aromatic N) is 2. The summed E-state index contributed by atoms with van der Waals surface area (Å²) >= 11 is 0. The van der Waals surface area contributed by atoms with E-state index in [0.717, 1.165) is 31.0 Å². The Balaban J connectivity index is 1.71. The minimum absolute atomic E-state index is 0.800. The zero-order chi connectivity index (χ0) is 10.5. The fourth-order valence-electron chi connectivity index (χ4n) is 3.23. The summed E-state index contributed by atoms with van der Waals surface area (Å²) in [5.41, 5.74) is 2.83. The van der Waals surface area contributed by atoms with Crippen molar-refractivity contribution in [3.63, 3.8) is 0 Å². The lowest BCUT2D eigenvalue weighted by Crippen LogP contribution is -2.26. The Bertz CT molecular complexity index is 389. The summed E-state index contributed by atoms with van der Waals surface area (Å²) < 4.78 is 2.55. The second kappa shape index (κ2) is 3.33. The van der Waals surface area contributed by atoms with Crippen molar-refractivity contribution in [1.82, 2.24) is 14.9 Å². The van der Waals surface area contributed by atoms with Crippen molar-refractivity contribution in [3.05, 3.63) is 17.7 Å². The molecule has 2 aliphatic carbocycles. The molecule has 4 rings (SSSR count). The largest absolute Gasteiger partial charge is 0.331 e. The molecular formula is C13H19N3. The average Bonchev–Trinajstić information content (AvgIpc) is 3.19. The molecular weight excluding hydrogens is 198 g/mol. The third kappa shape index (κ3) is 1.41. The van der Waals surface area contributed by atoms with E-state index in [9.17, 15) is 0 Å². The van der Waals surface area contributed by atoms with E-state index >= 15 is 0 Å². The van der Waals surface area contributed by atoms with Crippen molar-refractivity contribution in [2.45, 2.75) is 44.7 Å². The molecule has 2 saturated carbocycles. The summed E-state index contributed by atoms with van der Waals surface area (Å²) in [4.78, 5) is 4.60. The van der Waals surface area contributed by atoms with E-state index in [0.29, 0.717) is 0 Å². The smallest absolute Gasteiger partial charge is 0.0955 e. The molecule has 3 nitrogen and oxygen atoms in total. The lowest BCUT2D eigenvalue weighted by Gasteiger charge is -2.23. The SMILES string of the molecule is c1nc2c(n1C(C1CC1)C1CC1)CCNC2. The van der Waals surface area contributed by atoms with Gasteiger partial charge in [-0.15, -0.1) is 0 Å². The van der Waals surface area contributed by atoms with Gasteiger partial charge in [-0.3, -0.25) is 0 Å². The summed E-state index contributed by atoms with van der Waals surface area (Å²) in [5, 5.41) is 3.41. The van der Waals surface area contributed by atoms with Gasteiger partial charge in [-0.25, -0.2) is 4.98 Å². The van der Waals surface area contributed by atoms with Crippen LogP contribution in [0.1, 0.15) is 43.1 Å². The fourth-order valence-corrected chi connectivity index (χ4v) is 3.23. The van der Waals surface area contributed by atoms with Gasteiger partial charge in [-0.2, -0.15) is 0 Å². The summed E-state index contributed by atoms with van der Waals surface area (Å²) in [5.74, 6) is 1.95. The highest BCUT2D eigenvalue weighted by atomic mass is 15.1. The number of imidazole rings is 1. The first-order chi connectivity index (χ1) is 7.93. The number of nitrogens with one attached hydrogen (secondary N) is 1. The molecule has 1 aromatic rings. The molecule has 0 aromatic carbocycles. The van der Waals surface area contributed by atoms with E-state index in [-0.39, 0.29) is 0 Å². The maximum atomic E-state index is 4.60. The van der Waals surface area contributed by atoms with Crippen LogP contribution in [0.2, 0.25) is 0 Å². The molecule has 0 unspecified atom stereocenters. The van der Waals surface area contributed by atoms with Gasteiger partial charge in [-0.1, -0.05) is 0 Å². The molecule has 0 atom stereocenters. The normalized spacial score (nSPS) is 24.8. The lowest BCUT2D eigenvalue weighted by atomic mass is 10.1. The Labute approximate surface area is 96.3 Å². The molecule has 16 heavy (non-hydrogen) atoms. The van der Waals surface area contributed by atoms with E-state index in [1.54, 1.807) is 0 Å². The molecule has 2 fully saturated rings. The Hall–Kier alpha value is -0.830. The summed E-state index contributed by atoms with van der Waals surface area (Å²) in [6.07, 6.45) is 9.10. The Morgan fingerprint density at radius 1 is 1.25 bits per heavy atom. The summed E-state index contributed by atoms with van der Waals surface area (Å²) in [6, 6.07) is 0.800. The standard InChI is InChI=1S/C13H19N3/c1-2-9(1)13(10-3-4-10)16-8-15-11-7-14-6-5-12(11)16/h8-10,13-14H,1-7H2. The molecule has 0 radical (unpaired) electrons. The van der Waals surface area contributed by atoms with Crippen molar-refractivity contribution < 1.29 is 0 Å². The lowest BCUT2D eigenvalue weighted by molar-refractivity contribution is 0.380. The zero-order valence-electron chi connectivity index (χ0n) is 9.65. The molecule has 0 bridgehead atoms. The van der Waals surface area contributed by atoms with Crippen LogP contribution in [-0.4, -0.2) is 16.1 Å². The predicted octanol–water partition coefficient (Wildman–Crippen LogP) is 1.89. The van der Waals surface area contributed by atoms with Crippen molar-refractivity contribution in [2.24, 2.45) is 11.8 Å². The highest BCUT2D eigenvalue weighted by Crippen LogP contribution is 2.52. The second-order valence-corrected chi connectivity index (χ2v) is 5.64. The molecule has 0 amide bonds. The van der Waals surface area contributed by atoms with Crippen LogP contribution in [-0.2, 0) is 13.0 Å². The van der Waals surface area contributed by atoms with Crippen LogP contribution in [0.5, 0.6) is 0 Å². The minimum Gasteiger partial charge on any atom is -0.331 e. The van der Waals surface area contributed by atoms with Crippen LogP contribution in [0.15, 0.2) is 6.33 Å². The van der Waals surface area contributed by atoms with E-state index in [2.05, 4.69) is 21.2 Å². The van der Waals surface area contributed by atoms with Gasteiger partial charge in [0.25, 0.3) is 0 Å². The maximum absolute atomic E-state index is 4.60. The van der Waals surface area contributed by atoms with Crippen LogP contribution >= 0.6 is 0 Å². The Morgan fingerprint density at radius 2 is 2.00 bits per heavy atom. The molecule has 2 heterocycles. The van der Waals surface area contributed by atoms with Gasteiger partial charge in [0.15, 0.2) is 0 Å². The van der Waals surface area contributed by atoms with Crippen LogP contribution in [0.3, 0.4) is 0 Å². The van der Waals surface area contributed by atoms with Crippen LogP contribution in [0, 0.1) is 11.8 Å². The molecule has 1 aliphatic heterocycles. The predicted molar refractivity (Wildman–Crippen MR) is 62.1 cm³/mol. The molecule has 86 valence electrons. The molecule has 1 aromatic heterocycles. The number of aromatic nitrogens is 2. The van der Waals surface area contributed by atoms with Gasteiger partial charge in [-0.05, 0) is 37.5 Å². The topological polar surface area (TPSA) is 29.9 Å². The van der Waals surface area contributed by atoms with Crippen LogP contribution in [0.4, 0.5) is 0 Å². The van der Waals surface area contributed by atoms with Crippen molar-refractivity contribution in [3.8, 4) is 0 Å². The van der Waals surface area contributed by atoms with Crippen LogP contribution in [0.25, 0.3) is 0 Å². The third-order valence-corrected chi connectivity index (χ3v) is 4.34. The second-order valence-electron chi connectivity index (χ2n) is 5.64. The van der Waals surface area contributed by atoms with Crippen molar-refractivity contribution in [1.29, 1.82) is 0 Å². The molecule has 3 heteroatoms. The first-order valence-electron chi connectivity index (χ1n) is 6.69. The first kappa shape index (κ1) is 9.23. The quantitative estimate of drug-likeness (QED) is 0.838. The highest BCUT2D eigenvalue weighted by molar-refractivity contribution is 5.18. The molecule has 1 N–H and O–H groups in total. The van der Waals surface area contributed by atoms with Gasteiger partial charge in [0, 0.05) is 31.2 Å². The molecule has 0 saturated heterocycles. The Kier molecular flexibility index (Phi) is 1.92. The van der Waals surface area contributed by atoms with Gasteiger partial charge in [0.05, 0.1) is 12.0 Å². The van der Waals surface area contributed by atoms with Crippen molar-refractivity contribution in [2.75, 3.05) is 6.54 Å². The number of rotatable bonds is 3. The Morgan fingerprint density at radius 3 is 2.69 bits per heavy atom. The molecule has 0 spiro atoms. The van der Waals surface area contributed by atoms with E-state index in [4.69, 9.17) is 0 Å². The van der Waals surface area contributed by atoms with Gasteiger partial charge < -0.3 is 9.88 Å². The van der Waals surface area contributed by atoms with E-state index < -0.39 is 0 Å². The first-order valence-corrected chi connectivity index (χ1v) is 6.69. The average molecular weight is 217 g/mol. The fraction of sp³-hybridized carbons (Fsp3) is 0.769. The maximum Gasteiger partial charge on any atom is 0.0955 e. The number of hydrogen-bond donors (Lipinski definition) is 1. The highest BCUT2D eigenvalue weighted by Gasteiger charge is 2.43. The van der Waals surface area contributed by atoms with Gasteiger partial charge in [0.1, 0.15) is 0 Å². The minimum atomic E-state index is 0.800. The summed E-state index contributed by atoms with van der Waals surface area (Å²) in [6.45, 7) is 2.10. The zero-order valence-corrected chi connectivity index (χ0v) is 9.65. The third-order valence-electron chi connectivity index (χ3n) is 4.34. The number of fused-ring (bicyclic) bond motifs is 1. The van der Waals surface area contributed by atoms with Gasteiger partial charge in [0.2, 0.25) is 0 Å². The van der Waals surface area contributed by atoms with E-state index in [1.807, 2.05) is 0 Å². The van der Waals surface area contributed by atoms with Crippen molar-refractivity contribution >= 4 is 0 Å². The monoisotopic (exact) mass is 217 g/mol. The summed E-state index contributed by atoms with van der Waals surface area (Å²) in [7, 11) is 0. The van der Waals surface area contributed by atoms with Crippen LogP contribution < -0.4 is 5.32 Å². The van der Waals surface area contributed by atoms with Gasteiger partial charge >= 0.3 is 0 Å². The molecule has 3 aliphatic rings. The number of hydrogen-bond acceptors (Lipinski definition) is 2.